The van der Waals surface area contributed by atoms with Gasteiger partial charge in [-0.15, -0.1) is 0 Å². The molecular weight excluding hydrogens is 398 g/mol. The minimum atomic E-state index is -3.97. The summed E-state index contributed by atoms with van der Waals surface area (Å²) >= 11 is 0. The molecule has 4 rings (SSSR count). The molecular formula is C24H21NO4S. The van der Waals surface area contributed by atoms with E-state index in [0.717, 1.165) is 16.8 Å². The highest BCUT2D eigenvalue weighted by atomic mass is 32.2. The first kappa shape index (κ1) is 19.9. The number of benzene rings is 3. The third-order valence-corrected chi connectivity index (χ3v) is 6.95. The van der Waals surface area contributed by atoms with Gasteiger partial charge in [0.1, 0.15) is 10.7 Å². The van der Waals surface area contributed by atoms with Crippen LogP contribution in [-0.2, 0) is 9.84 Å². The number of Topliss-reactive ketones (excluding diaryl/α,β-unsaturated/α-hetero) is 1. The third-order valence-electron chi connectivity index (χ3n) is 5.15. The molecule has 0 radical (unpaired) electrons. The molecule has 0 amide bonds. The van der Waals surface area contributed by atoms with Crippen molar-refractivity contribution in [1.29, 1.82) is 0 Å². The summed E-state index contributed by atoms with van der Waals surface area (Å²) in [5.41, 5.74) is 3.36. The Hall–Kier alpha value is -3.38. The number of sulfone groups is 1. The van der Waals surface area contributed by atoms with Crippen molar-refractivity contribution in [3.8, 4) is 5.75 Å². The number of fused-ring (bicyclic) bond motifs is 1. The van der Waals surface area contributed by atoms with E-state index in [2.05, 4.69) is 0 Å². The molecule has 0 saturated heterocycles. The molecule has 0 N–H and O–H groups in total. The van der Waals surface area contributed by atoms with Crippen LogP contribution in [0.1, 0.15) is 21.5 Å². The van der Waals surface area contributed by atoms with Crippen molar-refractivity contribution in [3.05, 3.63) is 94.5 Å². The molecule has 3 aromatic rings. The van der Waals surface area contributed by atoms with E-state index in [0.29, 0.717) is 17.0 Å². The first-order chi connectivity index (χ1) is 14.3. The highest BCUT2D eigenvalue weighted by Gasteiger charge is 2.36. The van der Waals surface area contributed by atoms with Crippen molar-refractivity contribution < 1.29 is 17.9 Å². The maximum atomic E-state index is 13.3. The van der Waals surface area contributed by atoms with E-state index >= 15 is 0 Å². The van der Waals surface area contributed by atoms with Gasteiger partial charge in [-0.2, -0.15) is 0 Å². The van der Waals surface area contributed by atoms with Crippen LogP contribution in [0.25, 0.3) is 0 Å². The molecule has 152 valence electrons. The third kappa shape index (κ3) is 3.29. The Morgan fingerprint density at radius 3 is 2.30 bits per heavy atom. The number of rotatable bonds is 4. The molecule has 3 aromatic carbocycles. The van der Waals surface area contributed by atoms with E-state index in [1.54, 1.807) is 48.4 Å². The van der Waals surface area contributed by atoms with Crippen LogP contribution in [0, 0.1) is 13.8 Å². The summed E-state index contributed by atoms with van der Waals surface area (Å²) in [6.45, 7) is 3.74. The van der Waals surface area contributed by atoms with Crippen molar-refractivity contribution in [2.45, 2.75) is 18.7 Å². The molecule has 0 aromatic heterocycles. The van der Waals surface area contributed by atoms with Gasteiger partial charge >= 0.3 is 0 Å². The first-order valence-electron chi connectivity index (χ1n) is 9.44. The molecule has 1 aliphatic heterocycles. The van der Waals surface area contributed by atoms with Crippen LogP contribution in [0.3, 0.4) is 0 Å². The molecule has 0 fully saturated rings. The number of hydrogen-bond donors (Lipinski definition) is 0. The molecule has 30 heavy (non-hydrogen) atoms. The second kappa shape index (κ2) is 7.46. The van der Waals surface area contributed by atoms with E-state index in [9.17, 15) is 13.2 Å². The molecule has 0 bridgehead atoms. The van der Waals surface area contributed by atoms with E-state index in [4.69, 9.17) is 4.74 Å². The molecule has 0 unspecified atom stereocenters. The quantitative estimate of drug-likeness (QED) is 0.559. The molecule has 0 atom stereocenters. The largest absolute Gasteiger partial charge is 0.497 e. The number of para-hydroxylation sites is 1. The van der Waals surface area contributed by atoms with Crippen molar-refractivity contribution >= 4 is 27.0 Å². The zero-order chi connectivity index (χ0) is 21.5. The van der Waals surface area contributed by atoms with Gasteiger partial charge in [0.2, 0.25) is 15.6 Å². The van der Waals surface area contributed by atoms with E-state index in [-0.39, 0.29) is 9.80 Å². The number of carbonyl (C=O) groups excluding carboxylic acids is 1. The van der Waals surface area contributed by atoms with E-state index in [1.807, 2.05) is 38.1 Å². The Kier molecular flexibility index (Phi) is 4.95. The summed E-state index contributed by atoms with van der Waals surface area (Å²) in [7, 11) is -2.38. The van der Waals surface area contributed by atoms with E-state index < -0.39 is 15.6 Å². The zero-order valence-electron chi connectivity index (χ0n) is 16.9. The normalized spacial score (nSPS) is 14.6. The standard InChI is InChI=1S/C24H21NO4S/c1-16-8-13-20(17(2)14-16)24(26)23-15-25(18-9-11-19(29-3)12-10-18)21-6-4-5-7-22(21)30(23,27)28/h4-15H,1-3H3. The number of ether oxygens (including phenoxy) is 1. The highest BCUT2D eigenvalue weighted by molar-refractivity contribution is 7.96. The monoisotopic (exact) mass is 419 g/mol. The fourth-order valence-corrected chi connectivity index (χ4v) is 5.13. The minimum Gasteiger partial charge on any atom is -0.497 e. The number of carbonyl (C=O) groups is 1. The average molecular weight is 420 g/mol. The Morgan fingerprint density at radius 1 is 0.933 bits per heavy atom. The molecule has 0 spiro atoms. The topological polar surface area (TPSA) is 63.7 Å². The van der Waals surface area contributed by atoms with Crippen LogP contribution in [-0.4, -0.2) is 21.3 Å². The predicted molar refractivity (Wildman–Crippen MR) is 117 cm³/mol. The Labute approximate surface area is 176 Å². The molecule has 0 saturated carbocycles. The Morgan fingerprint density at radius 2 is 1.63 bits per heavy atom. The van der Waals surface area contributed by atoms with E-state index in [1.165, 1.54) is 12.3 Å². The summed E-state index contributed by atoms with van der Waals surface area (Å²) in [6, 6.07) is 19.3. The van der Waals surface area contributed by atoms with Crippen molar-refractivity contribution in [3.63, 3.8) is 0 Å². The fourth-order valence-electron chi connectivity index (χ4n) is 3.60. The molecule has 5 nitrogen and oxygen atoms in total. The van der Waals surface area contributed by atoms with Crippen molar-refractivity contribution in [1.82, 2.24) is 0 Å². The summed E-state index contributed by atoms with van der Waals surface area (Å²) < 4.78 is 31.9. The maximum absolute atomic E-state index is 13.3. The number of allylic oxidation sites excluding steroid dienone is 1. The number of hydrogen-bond acceptors (Lipinski definition) is 5. The summed E-state index contributed by atoms with van der Waals surface area (Å²) in [6.07, 6.45) is 1.42. The number of anilines is 2. The number of nitrogens with zero attached hydrogens (tertiary/aromatic N) is 1. The highest BCUT2D eigenvalue weighted by Crippen LogP contribution is 2.40. The van der Waals surface area contributed by atoms with Gasteiger partial charge < -0.3 is 9.64 Å². The molecule has 6 heteroatoms. The van der Waals surface area contributed by atoms with Crippen LogP contribution in [0.2, 0.25) is 0 Å². The lowest BCUT2D eigenvalue weighted by Crippen LogP contribution is -2.26. The average Bonchev–Trinajstić information content (AvgIpc) is 2.74. The van der Waals surface area contributed by atoms with Crippen molar-refractivity contribution in [2.75, 3.05) is 12.0 Å². The summed E-state index contributed by atoms with van der Waals surface area (Å²) in [5, 5.41) is 0. The van der Waals surface area contributed by atoms with Crippen LogP contribution in [0.15, 0.2) is 82.7 Å². The van der Waals surface area contributed by atoms with Gasteiger partial charge in [-0.1, -0.05) is 35.9 Å². The van der Waals surface area contributed by atoms with Gasteiger partial charge in [-0.3, -0.25) is 4.79 Å². The predicted octanol–water partition coefficient (Wildman–Crippen LogP) is 4.96. The SMILES string of the molecule is COc1ccc(N2C=C(C(=O)c3ccc(C)cc3C)S(=O)(=O)c3ccccc32)cc1. The van der Waals surface area contributed by atoms with Crippen LogP contribution < -0.4 is 9.64 Å². The minimum absolute atomic E-state index is 0.108. The molecule has 1 aliphatic rings. The lowest BCUT2D eigenvalue weighted by Gasteiger charge is -2.29. The van der Waals surface area contributed by atoms with Gasteiger partial charge in [0, 0.05) is 17.5 Å². The smallest absolute Gasteiger partial charge is 0.214 e. The van der Waals surface area contributed by atoms with Gasteiger partial charge in [-0.05, 0) is 55.8 Å². The van der Waals surface area contributed by atoms with Crippen LogP contribution in [0.5, 0.6) is 5.75 Å². The van der Waals surface area contributed by atoms with Gasteiger partial charge in [-0.25, -0.2) is 8.42 Å². The van der Waals surface area contributed by atoms with Gasteiger partial charge in [0.25, 0.3) is 0 Å². The van der Waals surface area contributed by atoms with Crippen molar-refractivity contribution in [2.24, 2.45) is 0 Å². The molecule has 1 heterocycles. The lowest BCUT2D eigenvalue weighted by atomic mass is 10.0. The van der Waals surface area contributed by atoms with Gasteiger partial charge in [0.05, 0.1) is 17.7 Å². The first-order valence-corrected chi connectivity index (χ1v) is 10.9. The fraction of sp³-hybridized carbons (Fsp3) is 0.125. The second-order valence-corrected chi connectivity index (χ2v) is 9.07. The molecule has 0 aliphatic carbocycles. The van der Waals surface area contributed by atoms with Crippen LogP contribution >= 0.6 is 0 Å². The van der Waals surface area contributed by atoms with Gasteiger partial charge in [0.15, 0.2) is 0 Å². The second-order valence-electron chi connectivity index (χ2n) is 7.18. The summed E-state index contributed by atoms with van der Waals surface area (Å²) in [4.78, 5) is 14.9. The number of ketones is 1. The Bertz CT molecular complexity index is 1270. The number of aryl methyl sites for hydroxylation is 2. The summed E-state index contributed by atoms with van der Waals surface area (Å²) in [5.74, 6) is 0.174. The Balaban J connectivity index is 1.90. The zero-order valence-corrected chi connectivity index (χ0v) is 17.7. The lowest BCUT2D eigenvalue weighted by molar-refractivity contribution is 0.104. The number of methoxy groups -OCH3 is 1. The van der Waals surface area contributed by atoms with Crippen LogP contribution in [0.4, 0.5) is 11.4 Å². The maximum Gasteiger partial charge on any atom is 0.214 e.